The molecule has 6 nitrogen and oxygen atoms in total. The first-order valence-electron chi connectivity index (χ1n) is 15.1. The van der Waals surface area contributed by atoms with Gasteiger partial charge in [-0.2, -0.15) is 0 Å². The van der Waals surface area contributed by atoms with Gasteiger partial charge < -0.3 is 19.5 Å². The van der Waals surface area contributed by atoms with Gasteiger partial charge in [0.1, 0.15) is 11.9 Å². The number of carbonyl (C=O) groups is 1. The molecule has 1 aliphatic heterocycles. The Morgan fingerprint density at radius 3 is 2.28 bits per heavy atom. The van der Waals surface area contributed by atoms with Crippen LogP contribution in [0.15, 0.2) is 48.7 Å². The second-order valence-corrected chi connectivity index (χ2v) is 13.7. The normalized spacial score (nSPS) is 18.3. The summed E-state index contributed by atoms with van der Waals surface area (Å²) >= 11 is 0. The largest absolute Gasteiger partial charge is 0.482 e. The highest BCUT2D eigenvalue weighted by molar-refractivity contribution is 5.86. The molecule has 8 heteroatoms. The SMILES string of the molecule is Cc1ncc(-c2ccc(OC(c3ccc(F)cc3)C3CC3)c(F)c2)c(N2CCC(C)(C)CC2)c1C(OC(C)(C)C)C(=O)O. The first-order chi connectivity index (χ1) is 20.2. The van der Waals surface area contributed by atoms with Gasteiger partial charge in [0.25, 0.3) is 0 Å². The molecule has 2 heterocycles. The minimum atomic E-state index is -1.25. The van der Waals surface area contributed by atoms with Gasteiger partial charge in [0.05, 0.1) is 11.3 Å². The Kier molecular flexibility index (Phi) is 8.54. The van der Waals surface area contributed by atoms with Crippen molar-refractivity contribution in [1.82, 2.24) is 4.98 Å². The number of aliphatic carboxylic acids is 1. The van der Waals surface area contributed by atoms with E-state index in [9.17, 15) is 14.3 Å². The standard InChI is InChI=1S/C35H42F2N2O4/c1-21-29(32(33(40)41)43-34(2,3)4)30(39-17-15-35(5,6)16-18-39)26(20-38-21)24-11-14-28(27(37)19-24)42-31(22-7-8-22)23-9-12-25(36)13-10-23/h9-14,19-20,22,31-32H,7-8,15-18H2,1-6H3,(H,40,41). The van der Waals surface area contributed by atoms with Crippen molar-refractivity contribution < 1.29 is 28.2 Å². The van der Waals surface area contributed by atoms with Crippen molar-refractivity contribution in [2.45, 2.75) is 85.0 Å². The fourth-order valence-corrected chi connectivity index (χ4v) is 5.78. The fraction of sp³-hybridized carbons (Fsp3) is 0.486. The van der Waals surface area contributed by atoms with Crippen LogP contribution in [0.3, 0.4) is 0 Å². The molecule has 0 radical (unpaired) electrons. The molecule has 2 unspecified atom stereocenters. The molecule has 1 aromatic heterocycles. The van der Waals surface area contributed by atoms with Crippen LogP contribution in [0.1, 0.15) is 89.3 Å². The van der Waals surface area contributed by atoms with Crippen LogP contribution in [0, 0.1) is 29.9 Å². The maximum Gasteiger partial charge on any atom is 0.337 e. The number of carboxylic acids is 1. The molecule has 3 aromatic rings. The van der Waals surface area contributed by atoms with Crippen molar-refractivity contribution in [2.24, 2.45) is 11.3 Å². The number of aromatic nitrogens is 1. The third kappa shape index (κ3) is 7.18. The monoisotopic (exact) mass is 592 g/mol. The van der Waals surface area contributed by atoms with Crippen molar-refractivity contribution >= 4 is 11.7 Å². The lowest BCUT2D eigenvalue weighted by atomic mass is 9.82. The highest BCUT2D eigenvalue weighted by Gasteiger charge is 2.37. The first-order valence-corrected chi connectivity index (χ1v) is 15.1. The third-order valence-electron chi connectivity index (χ3n) is 8.42. The summed E-state index contributed by atoms with van der Waals surface area (Å²) in [4.78, 5) is 19.4. The minimum absolute atomic E-state index is 0.117. The summed E-state index contributed by atoms with van der Waals surface area (Å²) < 4.78 is 41.6. The number of rotatable bonds is 9. The molecule has 0 bridgehead atoms. The summed E-state index contributed by atoms with van der Waals surface area (Å²) in [5.41, 5.74) is 3.25. The highest BCUT2D eigenvalue weighted by atomic mass is 19.1. The van der Waals surface area contributed by atoms with E-state index in [1.165, 1.54) is 18.2 Å². The van der Waals surface area contributed by atoms with E-state index in [4.69, 9.17) is 9.47 Å². The van der Waals surface area contributed by atoms with Crippen LogP contribution in [-0.4, -0.2) is 34.8 Å². The molecular weight excluding hydrogens is 550 g/mol. The Bertz CT molecular complexity index is 1470. The van der Waals surface area contributed by atoms with E-state index in [1.807, 2.05) is 20.8 Å². The number of ether oxygens (including phenoxy) is 2. The number of anilines is 1. The predicted octanol–water partition coefficient (Wildman–Crippen LogP) is 8.43. The second kappa shape index (κ2) is 11.9. The van der Waals surface area contributed by atoms with E-state index in [-0.39, 0.29) is 29.0 Å². The molecule has 2 atom stereocenters. The van der Waals surface area contributed by atoms with Crippen molar-refractivity contribution in [3.63, 3.8) is 0 Å². The van der Waals surface area contributed by atoms with Crippen LogP contribution >= 0.6 is 0 Å². The zero-order chi connectivity index (χ0) is 31.1. The van der Waals surface area contributed by atoms with Gasteiger partial charge in [-0.25, -0.2) is 13.6 Å². The van der Waals surface area contributed by atoms with Gasteiger partial charge in [0, 0.05) is 42.0 Å². The first kappa shape index (κ1) is 30.9. The number of carboxylic acid groups (broad SMARTS) is 1. The Labute approximate surface area is 253 Å². The van der Waals surface area contributed by atoms with Gasteiger partial charge in [-0.1, -0.05) is 32.0 Å². The van der Waals surface area contributed by atoms with Crippen molar-refractivity contribution in [1.29, 1.82) is 0 Å². The summed E-state index contributed by atoms with van der Waals surface area (Å²) in [6, 6.07) is 11.0. The fourth-order valence-electron chi connectivity index (χ4n) is 5.78. The summed E-state index contributed by atoms with van der Waals surface area (Å²) in [6.07, 6.45) is 3.88. The zero-order valence-corrected chi connectivity index (χ0v) is 25.9. The van der Waals surface area contributed by atoms with Gasteiger partial charge in [0.15, 0.2) is 17.7 Å². The molecule has 43 heavy (non-hydrogen) atoms. The topological polar surface area (TPSA) is 71.9 Å². The van der Waals surface area contributed by atoms with Gasteiger partial charge in [0.2, 0.25) is 0 Å². The van der Waals surface area contributed by atoms with Crippen LogP contribution in [0.25, 0.3) is 11.1 Å². The molecular formula is C35H42F2N2O4. The number of pyridine rings is 1. The molecule has 2 aliphatic rings. The van der Waals surface area contributed by atoms with Crippen molar-refractivity contribution in [3.8, 4) is 16.9 Å². The Morgan fingerprint density at radius 1 is 1.07 bits per heavy atom. The lowest BCUT2D eigenvalue weighted by molar-refractivity contribution is -0.160. The average Bonchev–Trinajstić information content (AvgIpc) is 3.77. The molecule has 2 fully saturated rings. The average molecular weight is 593 g/mol. The van der Waals surface area contributed by atoms with E-state index in [0.29, 0.717) is 22.4 Å². The number of aryl methyl sites for hydroxylation is 1. The molecule has 1 N–H and O–H groups in total. The van der Waals surface area contributed by atoms with Gasteiger partial charge in [-0.05, 0) is 94.2 Å². The van der Waals surface area contributed by atoms with Gasteiger partial charge in [-0.3, -0.25) is 4.98 Å². The number of benzene rings is 2. The Hall–Kier alpha value is -3.52. The van der Waals surface area contributed by atoms with Crippen LogP contribution in [0.5, 0.6) is 5.75 Å². The van der Waals surface area contributed by atoms with Crippen LogP contribution < -0.4 is 9.64 Å². The molecule has 1 saturated heterocycles. The molecule has 230 valence electrons. The van der Waals surface area contributed by atoms with E-state index >= 15 is 4.39 Å². The number of hydrogen-bond donors (Lipinski definition) is 1. The molecule has 1 aliphatic carbocycles. The van der Waals surface area contributed by atoms with Crippen LogP contribution in [-0.2, 0) is 9.53 Å². The maximum absolute atomic E-state index is 15.8. The number of halogens is 2. The van der Waals surface area contributed by atoms with Gasteiger partial charge >= 0.3 is 5.97 Å². The molecule has 0 amide bonds. The summed E-state index contributed by atoms with van der Waals surface area (Å²) in [6.45, 7) is 13.2. The summed E-state index contributed by atoms with van der Waals surface area (Å²) in [5, 5.41) is 10.3. The van der Waals surface area contributed by atoms with Crippen molar-refractivity contribution in [3.05, 3.63) is 77.1 Å². The lowest BCUT2D eigenvalue weighted by Gasteiger charge is -2.41. The molecule has 5 rings (SSSR count). The zero-order valence-electron chi connectivity index (χ0n) is 25.9. The summed E-state index contributed by atoms with van der Waals surface area (Å²) in [7, 11) is 0. The van der Waals surface area contributed by atoms with Crippen molar-refractivity contribution in [2.75, 3.05) is 18.0 Å². The minimum Gasteiger partial charge on any atom is -0.482 e. The van der Waals surface area contributed by atoms with Gasteiger partial charge in [-0.15, -0.1) is 0 Å². The maximum atomic E-state index is 15.8. The highest BCUT2D eigenvalue weighted by Crippen LogP contribution is 2.46. The number of hydrogen-bond acceptors (Lipinski definition) is 5. The number of piperidine rings is 1. The van der Waals surface area contributed by atoms with Crippen LogP contribution in [0.4, 0.5) is 14.5 Å². The molecule has 2 aromatic carbocycles. The van der Waals surface area contributed by atoms with E-state index < -0.39 is 23.5 Å². The smallest absolute Gasteiger partial charge is 0.337 e. The molecule has 0 spiro atoms. The number of nitrogens with zero attached hydrogens (tertiary/aromatic N) is 2. The van der Waals surface area contributed by atoms with Crippen LogP contribution in [0.2, 0.25) is 0 Å². The molecule has 1 saturated carbocycles. The van der Waals surface area contributed by atoms with E-state index in [1.54, 1.807) is 37.4 Å². The third-order valence-corrected chi connectivity index (χ3v) is 8.42. The lowest BCUT2D eigenvalue weighted by Crippen LogP contribution is -2.39. The van der Waals surface area contributed by atoms with E-state index in [2.05, 4.69) is 23.7 Å². The predicted molar refractivity (Wildman–Crippen MR) is 163 cm³/mol. The quantitative estimate of drug-likeness (QED) is 0.269. The summed E-state index contributed by atoms with van der Waals surface area (Å²) in [5.74, 6) is -1.59. The second-order valence-electron chi connectivity index (χ2n) is 13.7. The Balaban J connectivity index is 1.56. The van der Waals surface area contributed by atoms with E-state index in [0.717, 1.165) is 50.0 Å². The Morgan fingerprint density at radius 2 is 1.72 bits per heavy atom.